The van der Waals surface area contributed by atoms with Crippen LogP contribution in [-0.4, -0.2) is 55.0 Å². The highest BCUT2D eigenvalue weighted by Crippen LogP contribution is 2.25. The second-order valence-electron chi connectivity index (χ2n) is 6.77. The lowest BCUT2D eigenvalue weighted by molar-refractivity contribution is -0.149. The Morgan fingerprint density at radius 1 is 1.28 bits per heavy atom. The number of piperidine rings is 1. The quantitative estimate of drug-likeness (QED) is 0.289. The number of hydrogen-bond donors (Lipinski definition) is 2. The number of ketones is 1. The molecule has 29 heavy (non-hydrogen) atoms. The van der Waals surface area contributed by atoms with E-state index in [1.807, 2.05) is 0 Å². The zero-order valence-corrected chi connectivity index (χ0v) is 17.7. The molecule has 158 valence electrons. The summed E-state index contributed by atoms with van der Waals surface area (Å²) in [5.41, 5.74) is -0.336. The monoisotopic (exact) mass is 442 g/mol. The predicted molar refractivity (Wildman–Crippen MR) is 108 cm³/mol. The molecule has 10 heteroatoms. The maximum atomic E-state index is 12.8. The van der Waals surface area contributed by atoms with Crippen LogP contribution in [0.4, 0.5) is 0 Å². The van der Waals surface area contributed by atoms with Gasteiger partial charge in [0.05, 0.1) is 16.4 Å². The third-order valence-corrected chi connectivity index (χ3v) is 6.67. The average Bonchev–Trinajstić information content (AvgIpc) is 2.66. The molecule has 0 saturated carbocycles. The van der Waals surface area contributed by atoms with Crippen molar-refractivity contribution in [2.75, 3.05) is 19.7 Å². The number of halogens is 1. The SMILES string of the molecule is CC(=N)/C(C(C)=O)=C(/O)COC(=O)C1CCCN(S(=O)(=O)c2ccc(Cl)cc2)C1. The Hall–Kier alpha value is -2.23. The summed E-state index contributed by atoms with van der Waals surface area (Å²) in [6.45, 7) is 2.23. The molecule has 0 spiro atoms. The molecule has 8 nitrogen and oxygen atoms in total. The first-order valence-corrected chi connectivity index (χ1v) is 10.8. The van der Waals surface area contributed by atoms with E-state index >= 15 is 0 Å². The van der Waals surface area contributed by atoms with Gasteiger partial charge in [-0.15, -0.1) is 0 Å². The Bertz CT molecular complexity index is 924. The van der Waals surface area contributed by atoms with Crippen LogP contribution >= 0.6 is 11.6 Å². The summed E-state index contributed by atoms with van der Waals surface area (Å²) in [5.74, 6) is -2.37. The van der Waals surface area contributed by atoms with Gasteiger partial charge in [-0.1, -0.05) is 11.6 Å². The molecule has 1 aromatic rings. The smallest absolute Gasteiger partial charge is 0.310 e. The molecule has 0 amide bonds. The fourth-order valence-corrected chi connectivity index (χ4v) is 4.77. The number of rotatable bonds is 7. The topological polar surface area (TPSA) is 125 Å². The molecule has 1 heterocycles. The fraction of sp³-hybridized carbons (Fsp3) is 0.421. The lowest BCUT2D eigenvalue weighted by Gasteiger charge is -2.30. The van der Waals surface area contributed by atoms with Crippen molar-refractivity contribution < 1.29 is 27.9 Å². The van der Waals surface area contributed by atoms with Crippen molar-refractivity contribution in [2.45, 2.75) is 31.6 Å². The van der Waals surface area contributed by atoms with Crippen LogP contribution < -0.4 is 0 Å². The number of ether oxygens (including phenoxy) is 1. The van der Waals surface area contributed by atoms with E-state index in [4.69, 9.17) is 21.7 Å². The standard InChI is InChI=1S/C19H23ClN2O6S/c1-12(21)18(13(2)23)17(24)11-28-19(25)14-4-3-9-22(10-14)29(26,27)16-7-5-15(20)6-8-16/h5-8,14,21,24H,3-4,9-11H2,1-2H3/b18-17-,21-12?. The van der Waals surface area contributed by atoms with E-state index in [9.17, 15) is 23.1 Å². The van der Waals surface area contributed by atoms with Gasteiger partial charge < -0.3 is 15.3 Å². The number of benzene rings is 1. The molecule has 1 aromatic carbocycles. The third kappa shape index (κ3) is 5.65. The summed E-state index contributed by atoms with van der Waals surface area (Å²) in [6.07, 6.45) is 0.922. The van der Waals surface area contributed by atoms with Crippen LogP contribution in [0.5, 0.6) is 0 Å². The minimum Gasteiger partial charge on any atom is -0.508 e. The van der Waals surface area contributed by atoms with Gasteiger partial charge in [-0.05, 0) is 51.0 Å². The molecule has 1 aliphatic rings. The molecule has 0 radical (unpaired) electrons. The van der Waals surface area contributed by atoms with Gasteiger partial charge in [0.2, 0.25) is 10.0 Å². The van der Waals surface area contributed by atoms with Gasteiger partial charge in [0.1, 0.15) is 12.4 Å². The van der Waals surface area contributed by atoms with Gasteiger partial charge in [-0.2, -0.15) is 4.31 Å². The largest absolute Gasteiger partial charge is 0.508 e. The number of Topliss-reactive ketones (excluding diaryl/α,β-unsaturated/α-hetero) is 1. The van der Waals surface area contributed by atoms with Crippen LogP contribution in [0.3, 0.4) is 0 Å². The Labute approximate surface area is 174 Å². The maximum absolute atomic E-state index is 12.8. The Balaban J connectivity index is 2.07. The van der Waals surface area contributed by atoms with E-state index in [0.717, 1.165) is 0 Å². The molecule has 0 bridgehead atoms. The maximum Gasteiger partial charge on any atom is 0.310 e. The average molecular weight is 443 g/mol. The molecule has 0 aromatic heterocycles. The van der Waals surface area contributed by atoms with Crippen LogP contribution in [0.15, 0.2) is 40.5 Å². The number of allylic oxidation sites excluding steroid dienone is 1. The highest BCUT2D eigenvalue weighted by molar-refractivity contribution is 7.89. The van der Waals surface area contributed by atoms with E-state index in [1.165, 1.54) is 42.4 Å². The Morgan fingerprint density at radius 3 is 2.45 bits per heavy atom. The first kappa shape index (κ1) is 23.1. The second-order valence-corrected chi connectivity index (χ2v) is 9.14. The van der Waals surface area contributed by atoms with Crippen molar-refractivity contribution in [2.24, 2.45) is 5.92 Å². The number of esters is 1. The van der Waals surface area contributed by atoms with E-state index in [0.29, 0.717) is 17.9 Å². The predicted octanol–water partition coefficient (Wildman–Crippen LogP) is 2.72. The van der Waals surface area contributed by atoms with Crippen LogP contribution in [0, 0.1) is 11.3 Å². The molecule has 1 aliphatic heterocycles. The van der Waals surface area contributed by atoms with Crippen molar-refractivity contribution in [3.05, 3.63) is 40.6 Å². The molecule has 0 aliphatic carbocycles. The van der Waals surface area contributed by atoms with Gasteiger partial charge in [0.25, 0.3) is 0 Å². The number of nitrogens with zero attached hydrogens (tertiary/aromatic N) is 1. The van der Waals surface area contributed by atoms with Crippen molar-refractivity contribution >= 4 is 39.1 Å². The van der Waals surface area contributed by atoms with Gasteiger partial charge in [-0.25, -0.2) is 8.42 Å². The Kier molecular flexibility index (Phi) is 7.56. The summed E-state index contributed by atoms with van der Waals surface area (Å²) < 4.78 is 31.9. The molecule has 2 rings (SSSR count). The van der Waals surface area contributed by atoms with E-state index in [-0.39, 0.29) is 29.3 Å². The Morgan fingerprint density at radius 2 is 1.90 bits per heavy atom. The summed E-state index contributed by atoms with van der Waals surface area (Å²) in [5, 5.41) is 17.9. The highest BCUT2D eigenvalue weighted by Gasteiger charge is 2.34. The molecule has 1 saturated heterocycles. The molecule has 1 atom stereocenters. The summed E-state index contributed by atoms with van der Waals surface area (Å²) in [6, 6.07) is 5.78. The molecule has 2 N–H and O–H groups in total. The number of carbonyl (C=O) groups is 2. The minimum atomic E-state index is -3.78. The van der Waals surface area contributed by atoms with E-state index in [1.54, 1.807) is 0 Å². The zero-order chi connectivity index (χ0) is 21.8. The van der Waals surface area contributed by atoms with Crippen molar-refractivity contribution in [1.82, 2.24) is 4.31 Å². The first-order chi connectivity index (χ1) is 13.5. The van der Waals surface area contributed by atoms with Crippen LogP contribution in [0.1, 0.15) is 26.7 Å². The van der Waals surface area contributed by atoms with Gasteiger partial charge in [-0.3, -0.25) is 9.59 Å². The van der Waals surface area contributed by atoms with E-state index in [2.05, 4.69) is 0 Å². The van der Waals surface area contributed by atoms with Crippen molar-refractivity contribution in [3.8, 4) is 0 Å². The van der Waals surface area contributed by atoms with Gasteiger partial charge >= 0.3 is 5.97 Å². The first-order valence-electron chi connectivity index (χ1n) is 8.95. The lowest BCUT2D eigenvalue weighted by atomic mass is 10.00. The van der Waals surface area contributed by atoms with Crippen molar-refractivity contribution in [3.63, 3.8) is 0 Å². The summed E-state index contributed by atoms with van der Waals surface area (Å²) >= 11 is 5.81. The van der Waals surface area contributed by atoms with E-state index < -0.39 is 40.1 Å². The number of carbonyl (C=O) groups excluding carboxylic acids is 2. The number of nitrogens with one attached hydrogen (secondary N) is 1. The minimum absolute atomic E-state index is 0.0442. The number of aliphatic hydroxyl groups excluding tert-OH is 1. The number of hydrogen-bond acceptors (Lipinski definition) is 7. The van der Waals surface area contributed by atoms with Crippen molar-refractivity contribution in [1.29, 1.82) is 5.41 Å². The highest BCUT2D eigenvalue weighted by atomic mass is 35.5. The van der Waals surface area contributed by atoms with Gasteiger partial charge in [0, 0.05) is 23.8 Å². The van der Waals surface area contributed by atoms with Gasteiger partial charge in [0.15, 0.2) is 5.78 Å². The molecular weight excluding hydrogens is 420 g/mol. The van der Waals surface area contributed by atoms with Crippen LogP contribution in [-0.2, 0) is 24.3 Å². The second kappa shape index (κ2) is 9.51. The molecule has 1 fully saturated rings. The molecular formula is C19H23ClN2O6S. The lowest BCUT2D eigenvalue weighted by Crippen LogP contribution is -2.42. The third-order valence-electron chi connectivity index (χ3n) is 4.54. The normalized spacial score (nSPS) is 18.7. The summed E-state index contributed by atoms with van der Waals surface area (Å²) in [7, 11) is -3.78. The molecule has 1 unspecified atom stereocenters. The zero-order valence-electron chi connectivity index (χ0n) is 16.1. The van der Waals surface area contributed by atoms with Crippen LogP contribution in [0.25, 0.3) is 0 Å². The fourth-order valence-electron chi connectivity index (χ4n) is 3.12. The number of aliphatic hydroxyl groups is 1. The number of sulfonamides is 1. The van der Waals surface area contributed by atoms with Crippen LogP contribution in [0.2, 0.25) is 5.02 Å². The summed E-state index contributed by atoms with van der Waals surface area (Å²) in [4.78, 5) is 24.0.